The minimum Gasteiger partial charge on any atom is -0.457 e. The van der Waals surface area contributed by atoms with Crippen LogP contribution in [0.1, 0.15) is 34.5 Å². The Morgan fingerprint density at radius 3 is 2.55 bits per heavy atom. The molecule has 0 saturated heterocycles. The summed E-state index contributed by atoms with van der Waals surface area (Å²) in [5, 5.41) is 9.85. The first-order chi connectivity index (χ1) is 20.3. The highest BCUT2D eigenvalue weighted by Crippen LogP contribution is 2.46. The number of aromatic nitrogens is 1. The zero-order chi connectivity index (χ0) is 29.4. The van der Waals surface area contributed by atoms with E-state index in [0.29, 0.717) is 32.5 Å². The average molecular weight is 585 g/mol. The van der Waals surface area contributed by atoms with Gasteiger partial charge in [0.15, 0.2) is 0 Å². The Balaban J connectivity index is 1.26. The third-order valence-corrected chi connectivity index (χ3v) is 8.58. The number of rotatable bonds is 8. The third kappa shape index (κ3) is 5.40. The maximum Gasteiger partial charge on any atom is 0.331 e. The summed E-state index contributed by atoms with van der Waals surface area (Å²) >= 11 is 1.25. The van der Waals surface area contributed by atoms with Gasteiger partial charge in [-0.2, -0.15) is 0 Å². The van der Waals surface area contributed by atoms with E-state index >= 15 is 0 Å². The number of carbonyl (C=O) groups excluding carboxylic acids is 3. The number of ether oxygens (including phenoxy) is 1. The van der Waals surface area contributed by atoms with Crippen LogP contribution in [0.25, 0.3) is 10.2 Å². The fourth-order valence-corrected chi connectivity index (χ4v) is 6.65. The zero-order valence-electron chi connectivity index (χ0n) is 23.6. The highest BCUT2D eigenvalue weighted by atomic mass is 32.1. The summed E-state index contributed by atoms with van der Waals surface area (Å²) in [7, 11) is 3.68. The van der Waals surface area contributed by atoms with E-state index in [0.717, 1.165) is 36.0 Å². The Morgan fingerprint density at radius 2 is 1.81 bits per heavy atom. The van der Waals surface area contributed by atoms with E-state index in [9.17, 15) is 14.4 Å². The second kappa shape index (κ2) is 11.4. The molecule has 1 aliphatic carbocycles. The van der Waals surface area contributed by atoms with Gasteiger partial charge in [-0.1, -0.05) is 18.2 Å². The number of nitrogens with zero attached hydrogens (tertiary/aromatic N) is 3. The number of aryl methyl sites for hydroxylation is 1. The Morgan fingerprint density at radius 1 is 1.05 bits per heavy atom. The molecule has 1 saturated carbocycles. The molecule has 2 aliphatic rings. The number of nitrogens with one attached hydrogen (secondary N) is 3. The lowest BCUT2D eigenvalue weighted by Gasteiger charge is -2.29. The van der Waals surface area contributed by atoms with Crippen LogP contribution in [0, 0.1) is 6.92 Å². The summed E-state index contributed by atoms with van der Waals surface area (Å²) in [6.07, 6.45) is 4.13. The molecule has 11 heteroatoms. The predicted molar refractivity (Wildman–Crippen MR) is 164 cm³/mol. The smallest absolute Gasteiger partial charge is 0.331 e. The number of para-hydroxylation sites is 1. The highest BCUT2D eigenvalue weighted by molar-refractivity contribution is 7.21. The van der Waals surface area contributed by atoms with Gasteiger partial charge >= 0.3 is 6.03 Å². The van der Waals surface area contributed by atoms with E-state index in [1.54, 1.807) is 17.2 Å². The van der Waals surface area contributed by atoms with E-state index in [1.165, 1.54) is 11.3 Å². The fourth-order valence-electron chi connectivity index (χ4n) is 5.63. The number of amides is 4. The molecule has 216 valence electrons. The third-order valence-electron chi connectivity index (χ3n) is 7.48. The number of anilines is 3. The first-order valence-electron chi connectivity index (χ1n) is 13.9. The highest BCUT2D eigenvalue weighted by Gasteiger charge is 2.35. The molecule has 2 atom stereocenters. The van der Waals surface area contributed by atoms with Crippen LogP contribution in [0.3, 0.4) is 0 Å². The molecule has 4 amide bonds. The molecule has 2 aromatic heterocycles. The molecule has 0 spiro atoms. The van der Waals surface area contributed by atoms with Crippen molar-refractivity contribution in [2.75, 3.05) is 30.9 Å². The van der Waals surface area contributed by atoms with Crippen LogP contribution >= 0.6 is 11.3 Å². The SMILES string of the molecule is Cc1cc(Oc2ccccc2)ccc1N1C(=O)Nc2c(C(=O)NC3CCCC3NC(=O)CN(C)C)sc3nccc1c23. The van der Waals surface area contributed by atoms with E-state index in [4.69, 9.17) is 4.74 Å². The van der Waals surface area contributed by atoms with Gasteiger partial charge in [0.2, 0.25) is 5.91 Å². The van der Waals surface area contributed by atoms with Crippen LogP contribution in [0.15, 0.2) is 60.8 Å². The molecule has 6 rings (SSSR count). The second-order valence-corrected chi connectivity index (χ2v) is 11.9. The first kappa shape index (κ1) is 27.7. The first-order valence-corrected chi connectivity index (χ1v) is 14.7. The Hall–Kier alpha value is -4.48. The van der Waals surface area contributed by atoms with E-state index in [-0.39, 0.29) is 36.5 Å². The van der Waals surface area contributed by atoms with Gasteiger partial charge in [0, 0.05) is 18.3 Å². The molecule has 0 bridgehead atoms. The van der Waals surface area contributed by atoms with Gasteiger partial charge in [-0.15, -0.1) is 11.3 Å². The van der Waals surface area contributed by atoms with Gasteiger partial charge in [0.1, 0.15) is 21.2 Å². The lowest BCUT2D eigenvalue weighted by molar-refractivity contribution is -0.122. The maximum atomic E-state index is 13.6. The zero-order valence-corrected chi connectivity index (χ0v) is 24.5. The summed E-state index contributed by atoms with van der Waals surface area (Å²) < 4.78 is 5.97. The predicted octanol–water partition coefficient (Wildman–Crippen LogP) is 5.41. The standard InChI is InChI=1S/C31H32N6O4S/c1-18-16-20(41-19-8-5-4-6-9-19)12-13-23(18)37-24-14-15-32-30-26(24)27(35-31(37)40)28(42-30)29(39)34-22-11-7-10-21(22)33-25(38)17-36(2)3/h4-6,8-9,12-16,21-22H,7,10-11,17H2,1-3H3,(H,33,38)(H,34,39)(H,35,40). The minimum atomic E-state index is -0.364. The van der Waals surface area contributed by atoms with Gasteiger partial charge in [0.05, 0.1) is 29.0 Å². The van der Waals surface area contributed by atoms with Gasteiger partial charge in [-0.25, -0.2) is 9.78 Å². The number of carbonyl (C=O) groups is 3. The molecule has 4 aromatic rings. The second-order valence-electron chi connectivity index (χ2n) is 10.9. The molecule has 2 aromatic carbocycles. The summed E-state index contributed by atoms with van der Waals surface area (Å²) in [6, 6.07) is 16.2. The molecule has 42 heavy (non-hydrogen) atoms. The molecule has 2 unspecified atom stereocenters. The van der Waals surface area contributed by atoms with E-state index < -0.39 is 0 Å². The topological polar surface area (TPSA) is 116 Å². The maximum absolute atomic E-state index is 13.6. The van der Waals surface area contributed by atoms with Gasteiger partial charge < -0.3 is 25.6 Å². The van der Waals surface area contributed by atoms with E-state index in [1.807, 2.05) is 74.4 Å². The lowest BCUT2D eigenvalue weighted by Crippen LogP contribution is -2.50. The van der Waals surface area contributed by atoms with Crippen molar-refractivity contribution in [2.45, 2.75) is 38.3 Å². The number of pyridine rings is 1. The monoisotopic (exact) mass is 584 g/mol. The van der Waals surface area contributed by atoms with Crippen LogP contribution < -0.4 is 25.6 Å². The molecule has 3 heterocycles. The van der Waals surface area contributed by atoms with Crippen molar-refractivity contribution >= 4 is 56.5 Å². The average Bonchev–Trinajstić information content (AvgIpc) is 3.54. The van der Waals surface area contributed by atoms with E-state index in [2.05, 4.69) is 20.9 Å². The molecule has 10 nitrogen and oxygen atoms in total. The van der Waals surface area contributed by atoms with Gasteiger partial charge in [-0.05, 0) is 82.2 Å². The number of urea groups is 1. The molecule has 1 fully saturated rings. The van der Waals surface area contributed by atoms with Crippen LogP contribution in [0.4, 0.5) is 21.9 Å². The molecular formula is C31H32N6O4S. The molecule has 1 aliphatic heterocycles. The lowest BCUT2D eigenvalue weighted by atomic mass is 10.1. The van der Waals surface area contributed by atoms with Crippen LogP contribution in [0.2, 0.25) is 0 Å². The Labute approximate surface area is 247 Å². The largest absolute Gasteiger partial charge is 0.457 e. The Bertz CT molecular complexity index is 1670. The van der Waals surface area contributed by atoms with Gasteiger partial charge in [0.25, 0.3) is 5.91 Å². The van der Waals surface area contributed by atoms with Crippen molar-refractivity contribution in [3.63, 3.8) is 0 Å². The number of hydrogen-bond donors (Lipinski definition) is 3. The van der Waals surface area contributed by atoms with Crippen molar-refractivity contribution in [1.82, 2.24) is 20.5 Å². The van der Waals surface area contributed by atoms with Crippen molar-refractivity contribution < 1.29 is 19.1 Å². The van der Waals surface area contributed by atoms with Crippen molar-refractivity contribution in [1.29, 1.82) is 0 Å². The van der Waals surface area contributed by atoms with Crippen molar-refractivity contribution in [3.05, 3.63) is 71.2 Å². The number of hydrogen-bond acceptors (Lipinski definition) is 7. The fraction of sp³-hybridized carbons (Fsp3) is 0.290. The van der Waals surface area contributed by atoms with Crippen LogP contribution in [-0.4, -0.2) is 60.5 Å². The van der Waals surface area contributed by atoms with Crippen molar-refractivity contribution in [3.8, 4) is 11.5 Å². The summed E-state index contributed by atoms with van der Waals surface area (Å²) in [4.78, 5) is 48.5. The molecule has 3 N–H and O–H groups in total. The minimum absolute atomic E-state index is 0.0701. The normalized spacial score (nSPS) is 17.8. The van der Waals surface area contributed by atoms with Crippen LogP contribution in [-0.2, 0) is 4.79 Å². The van der Waals surface area contributed by atoms with Crippen molar-refractivity contribution in [2.24, 2.45) is 0 Å². The molecular weight excluding hydrogens is 552 g/mol. The van der Waals surface area contributed by atoms with Crippen LogP contribution in [0.5, 0.6) is 11.5 Å². The quantitative estimate of drug-likeness (QED) is 0.255. The molecule has 0 radical (unpaired) electrons. The summed E-state index contributed by atoms with van der Waals surface area (Å²) in [5.74, 6) is 1.03. The summed E-state index contributed by atoms with van der Waals surface area (Å²) in [5.41, 5.74) is 2.67. The Kier molecular flexibility index (Phi) is 7.53. The number of benzene rings is 2. The summed E-state index contributed by atoms with van der Waals surface area (Å²) in [6.45, 7) is 2.22. The number of likely N-dealkylation sites (N-methyl/N-ethyl adjacent to an activating group) is 1. The van der Waals surface area contributed by atoms with Gasteiger partial charge in [-0.3, -0.25) is 14.5 Å². The number of thiophene rings is 1.